The molecule has 14 nitrogen and oxygen atoms in total. The summed E-state index contributed by atoms with van der Waals surface area (Å²) in [7, 11) is 0. The number of hydrogen-bond acceptors (Lipinski definition) is 12. The van der Waals surface area contributed by atoms with Crippen LogP contribution in [0.1, 0.15) is 15.9 Å². The number of rotatable bonds is 7. The van der Waals surface area contributed by atoms with Gasteiger partial charge in [-0.25, -0.2) is 4.79 Å². The zero-order valence-corrected chi connectivity index (χ0v) is 18.2. The van der Waals surface area contributed by atoms with Crippen LogP contribution in [0, 0.1) is 0 Å². The van der Waals surface area contributed by atoms with Gasteiger partial charge in [0.25, 0.3) is 0 Å². The third kappa shape index (κ3) is 5.59. The Morgan fingerprint density at radius 1 is 0.972 bits per heavy atom. The van der Waals surface area contributed by atoms with E-state index in [-0.39, 0.29) is 5.56 Å². The monoisotopic (exact) mass is 509 g/mol. The quantitative estimate of drug-likeness (QED) is 0.123. The summed E-state index contributed by atoms with van der Waals surface area (Å²) in [4.78, 5) is 23.6. The molecule has 1 amide bonds. The molecule has 1 aliphatic rings. The molecule has 14 heteroatoms. The van der Waals surface area contributed by atoms with Crippen molar-refractivity contribution in [1.82, 2.24) is 0 Å². The molecule has 0 saturated carbocycles. The van der Waals surface area contributed by atoms with Crippen LogP contribution in [0.25, 0.3) is 6.08 Å². The molecular weight excluding hydrogens is 486 g/mol. The van der Waals surface area contributed by atoms with Crippen LogP contribution in [0.5, 0.6) is 28.7 Å². The molecule has 2 aromatic carbocycles. The van der Waals surface area contributed by atoms with Crippen molar-refractivity contribution in [3.8, 4) is 28.7 Å². The smallest absolute Gasteiger partial charge is 0.338 e. The molecule has 36 heavy (non-hydrogen) atoms. The van der Waals surface area contributed by atoms with Crippen LogP contribution in [0.4, 0.5) is 5.69 Å². The van der Waals surface area contributed by atoms with Crippen LogP contribution in [-0.4, -0.2) is 95.1 Å². The van der Waals surface area contributed by atoms with Crippen molar-refractivity contribution in [3.63, 3.8) is 0 Å². The maximum absolute atomic E-state index is 12.3. The van der Waals surface area contributed by atoms with Crippen LogP contribution >= 0.6 is 0 Å². The highest BCUT2D eigenvalue weighted by Gasteiger charge is 2.45. The molecule has 1 fully saturated rings. The predicted octanol–water partition coefficient (Wildman–Crippen LogP) is -0.962. The number of aliphatic hydroxyl groups excluding tert-OH is 4. The first kappa shape index (κ1) is 26.5. The third-order valence-corrected chi connectivity index (χ3v) is 5.18. The topological polar surface area (TPSA) is 247 Å². The number of phenols is 4. The van der Waals surface area contributed by atoms with E-state index in [4.69, 9.17) is 9.47 Å². The minimum Gasteiger partial charge on any atom is -0.508 e. The van der Waals surface area contributed by atoms with Crippen molar-refractivity contribution in [1.29, 1.82) is 0 Å². The number of carboxylic acids is 1. The van der Waals surface area contributed by atoms with E-state index in [1.807, 2.05) is 0 Å². The van der Waals surface area contributed by atoms with E-state index in [1.54, 1.807) is 0 Å². The Labute approximate surface area is 202 Å². The summed E-state index contributed by atoms with van der Waals surface area (Å²) in [5.74, 6) is -5.63. The van der Waals surface area contributed by atoms with E-state index >= 15 is 0 Å². The first-order chi connectivity index (χ1) is 16.9. The number of aromatic carboxylic acids is 1. The minimum absolute atomic E-state index is 0.0634. The average molecular weight is 509 g/mol. The van der Waals surface area contributed by atoms with Gasteiger partial charge in [-0.1, -0.05) is 0 Å². The average Bonchev–Trinajstić information content (AvgIpc) is 2.82. The van der Waals surface area contributed by atoms with Gasteiger partial charge in [-0.05, 0) is 29.8 Å². The lowest BCUT2D eigenvalue weighted by atomic mass is 9.99. The Morgan fingerprint density at radius 3 is 2.31 bits per heavy atom. The fraction of sp³-hybridized carbons (Fsp3) is 0.273. The minimum atomic E-state index is -1.80. The molecule has 1 aliphatic heterocycles. The van der Waals surface area contributed by atoms with Gasteiger partial charge < -0.3 is 60.7 Å². The van der Waals surface area contributed by atoms with Gasteiger partial charge in [0.1, 0.15) is 35.9 Å². The second-order valence-corrected chi connectivity index (χ2v) is 7.72. The SMILES string of the molecule is O=C(C=Cc1cc(O)c(O)c(OC2OC(CO)C(O)C(O)C2O)c1)Nc1c(O)cc(O)cc1C(=O)O. The van der Waals surface area contributed by atoms with Crippen LogP contribution in [0.2, 0.25) is 0 Å². The second kappa shape index (κ2) is 10.7. The summed E-state index contributed by atoms with van der Waals surface area (Å²) in [6.45, 7) is -0.722. The maximum Gasteiger partial charge on any atom is 0.338 e. The van der Waals surface area contributed by atoms with Crippen molar-refractivity contribution in [2.75, 3.05) is 11.9 Å². The van der Waals surface area contributed by atoms with Crippen LogP contribution in [0.15, 0.2) is 30.3 Å². The molecule has 1 saturated heterocycles. The summed E-state index contributed by atoms with van der Waals surface area (Å²) < 4.78 is 10.5. The first-order valence-corrected chi connectivity index (χ1v) is 10.2. The molecule has 0 radical (unpaired) electrons. The van der Waals surface area contributed by atoms with E-state index in [0.29, 0.717) is 0 Å². The highest BCUT2D eigenvalue weighted by molar-refractivity contribution is 6.07. The summed E-state index contributed by atoms with van der Waals surface area (Å²) in [6, 6.07) is 3.79. The van der Waals surface area contributed by atoms with Crippen molar-refractivity contribution in [2.24, 2.45) is 0 Å². The second-order valence-electron chi connectivity index (χ2n) is 7.72. The van der Waals surface area contributed by atoms with Gasteiger partial charge in [0.15, 0.2) is 11.5 Å². The number of carboxylic acid groups (broad SMARTS) is 1. The number of hydrogen-bond donors (Lipinski definition) is 10. The van der Waals surface area contributed by atoms with Gasteiger partial charge in [-0.2, -0.15) is 0 Å². The van der Waals surface area contributed by atoms with Crippen molar-refractivity contribution in [3.05, 3.63) is 41.5 Å². The number of carbonyl (C=O) groups excluding carboxylic acids is 1. The maximum atomic E-state index is 12.3. The van der Waals surface area contributed by atoms with E-state index in [9.17, 15) is 55.5 Å². The molecule has 0 aliphatic carbocycles. The summed E-state index contributed by atoms with van der Waals surface area (Å²) in [5, 5.41) is 89.9. The third-order valence-electron chi connectivity index (χ3n) is 5.18. The van der Waals surface area contributed by atoms with Crippen molar-refractivity contribution >= 4 is 23.6 Å². The van der Waals surface area contributed by atoms with E-state index < -0.39 is 89.2 Å². The molecule has 10 N–H and O–H groups in total. The molecule has 0 aromatic heterocycles. The molecule has 5 unspecified atom stereocenters. The number of amides is 1. The molecule has 0 bridgehead atoms. The van der Waals surface area contributed by atoms with E-state index in [2.05, 4.69) is 5.32 Å². The normalized spacial score (nSPS) is 23.9. The zero-order valence-electron chi connectivity index (χ0n) is 18.2. The first-order valence-electron chi connectivity index (χ1n) is 10.2. The van der Waals surface area contributed by atoms with E-state index in [1.165, 1.54) is 0 Å². The van der Waals surface area contributed by atoms with Crippen LogP contribution < -0.4 is 10.1 Å². The zero-order chi connectivity index (χ0) is 26.7. The molecule has 1 heterocycles. The number of aliphatic hydroxyl groups is 4. The molecule has 3 rings (SSSR count). The Hall–Kier alpha value is -4.08. The van der Waals surface area contributed by atoms with Gasteiger partial charge in [0, 0.05) is 12.1 Å². The summed E-state index contributed by atoms with van der Waals surface area (Å²) >= 11 is 0. The molecule has 194 valence electrons. The number of aromatic hydroxyl groups is 4. The Bertz CT molecular complexity index is 1180. The number of carbonyl (C=O) groups is 2. The lowest BCUT2D eigenvalue weighted by Crippen LogP contribution is -2.60. The highest BCUT2D eigenvalue weighted by Crippen LogP contribution is 2.39. The molecule has 2 aromatic rings. The van der Waals surface area contributed by atoms with E-state index in [0.717, 1.165) is 36.4 Å². The van der Waals surface area contributed by atoms with Crippen molar-refractivity contribution < 1.29 is 65.0 Å². The van der Waals surface area contributed by atoms with Gasteiger partial charge in [0.2, 0.25) is 17.9 Å². The largest absolute Gasteiger partial charge is 0.508 e. The summed E-state index contributed by atoms with van der Waals surface area (Å²) in [6.07, 6.45) is -6.14. The molecular formula is C22H23NO13. The van der Waals surface area contributed by atoms with Crippen LogP contribution in [-0.2, 0) is 9.53 Å². The van der Waals surface area contributed by atoms with Gasteiger partial charge in [-0.3, -0.25) is 4.79 Å². The number of anilines is 1. The Kier molecular flexibility index (Phi) is 7.87. The Morgan fingerprint density at radius 2 is 1.67 bits per heavy atom. The standard InChI is InChI=1S/C22H23NO13/c24-7-14-18(30)19(31)20(32)22(36-14)35-13-4-8(3-12(27)17(13)29)1-2-15(28)23-16-10(21(33)34)5-9(25)6-11(16)26/h1-6,14,18-20,22,24-27,29-32H,7H2,(H,23,28)(H,33,34). The lowest BCUT2D eigenvalue weighted by molar-refractivity contribution is -0.277. The fourth-order valence-corrected chi connectivity index (χ4v) is 3.34. The number of benzene rings is 2. The lowest BCUT2D eigenvalue weighted by Gasteiger charge is -2.39. The fourth-order valence-electron chi connectivity index (χ4n) is 3.34. The number of ether oxygens (including phenoxy) is 2. The van der Waals surface area contributed by atoms with Gasteiger partial charge in [0.05, 0.1) is 17.9 Å². The van der Waals surface area contributed by atoms with Gasteiger partial charge >= 0.3 is 5.97 Å². The highest BCUT2D eigenvalue weighted by atomic mass is 16.7. The van der Waals surface area contributed by atoms with Gasteiger partial charge in [-0.15, -0.1) is 0 Å². The summed E-state index contributed by atoms with van der Waals surface area (Å²) in [5.41, 5.74) is -0.990. The Balaban J connectivity index is 1.81. The molecule has 5 atom stereocenters. The van der Waals surface area contributed by atoms with Crippen LogP contribution in [0.3, 0.4) is 0 Å². The molecule has 0 spiro atoms. The van der Waals surface area contributed by atoms with Crippen molar-refractivity contribution in [2.45, 2.75) is 30.7 Å². The number of phenolic OH excluding ortho intramolecular Hbond substituents is 4. The number of nitrogens with one attached hydrogen (secondary N) is 1. The predicted molar refractivity (Wildman–Crippen MR) is 119 cm³/mol.